The molecule has 0 saturated heterocycles. The van der Waals surface area contributed by atoms with Gasteiger partial charge in [0, 0.05) is 6.54 Å². The lowest BCUT2D eigenvalue weighted by molar-refractivity contribution is -0.139. The van der Waals surface area contributed by atoms with Gasteiger partial charge in [0.1, 0.15) is 6.04 Å². The molecule has 0 aromatic heterocycles. The average Bonchev–Trinajstić information content (AvgIpc) is 2.42. The highest BCUT2D eigenvalue weighted by Crippen LogP contribution is 2.21. The zero-order chi connectivity index (χ0) is 12.7. The number of carboxylic acids is 1. The van der Waals surface area contributed by atoms with Crippen molar-refractivity contribution >= 4 is 11.5 Å². The second-order valence-corrected chi connectivity index (χ2v) is 3.60. The van der Waals surface area contributed by atoms with Crippen molar-refractivity contribution in [2.45, 2.75) is 33.7 Å². The standard InChI is InChI=1S/C12H13NO2.C2H6.CH4/c14-12(15)11-8-10(6-7-13-11)9-4-2-1-3-5-9;1-2;/h1-6,11,13H,7-8H2,(H,14,15);1-2H3;1H4. The molecule has 3 heteroatoms. The third-order valence-electron chi connectivity index (χ3n) is 2.58. The summed E-state index contributed by atoms with van der Waals surface area (Å²) in [7, 11) is 0. The number of benzene rings is 1. The molecule has 0 aliphatic carbocycles. The SMILES string of the molecule is C.CC.O=C(O)C1CC(c2ccccc2)=CCN1. The van der Waals surface area contributed by atoms with Gasteiger partial charge in [0.15, 0.2) is 0 Å². The fourth-order valence-corrected chi connectivity index (χ4v) is 1.76. The predicted octanol–water partition coefficient (Wildman–Crippen LogP) is 3.18. The first-order valence-corrected chi connectivity index (χ1v) is 5.98. The number of aliphatic carboxylic acids is 1. The highest BCUT2D eigenvalue weighted by atomic mass is 16.4. The van der Waals surface area contributed by atoms with Gasteiger partial charge in [-0.2, -0.15) is 0 Å². The van der Waals surface area contributed by atoms with Gasteiger partial charge in [-0.25, -0.2) is 0 Å². The second-order valence-electron chi connectivity index (χ2n) is 3.60. The minimum atomic E-state index is -0.781. The first kappa shape index (κ1) is 16.4. The molecule has 1 aliphatic rings. The van der Waals surface area contributed by atoms with Gasteiger partial charge in [-0.05, 0) is 17.6 Å². The molecule has 0 radical (unpaired) electrons. The van der Waals surface area contributed by atoms with Crippen molar-refractivity contribution in [1.29, 1.82) is 0 Å². The van der Waals surface area contributed by atoms with Gasteiger partial charge >= 0.3 is 5.97 Å². The van der Waals surface area contributed by atoms with Crippen LogP contribution >= 0.6 is 0 Å². The number of carbonyl (C=O) groups is 1. The lowest BCUT2D eigenvalue weighted by atomic mass is 9.95. The molecule has 0 bridgehead atoms. The average molecular weight is 249 g/mol. The van der Waals surface area contributed by atoms with Crippen LogP contribution in [0.15, 0.2) is 36.4 Å². The molecule has 1 aromatic rings. The Bertz CT molecular complexity index is 385. The Labute approximate surface area is 110 Å². The molecular weight excluding hydrogens is 226 g/mol. The van der Waals surface area contributed by atoms with E-state index in [1.165, 1.54) is 0 Å². The van der Waals surface area contributed by atoms with Gasteiger partial charge in [0.2, 0.25) is 0 Å². The summed E-state index contributed by atoms with van der Waals surface area (Å²) in [5.74, 6) is -0.781. The van der Waals surface area contributed by atoms with Crippen LogP contribution in [0.1, 0.15) is 33.3 Å². The van der Waals surface area contributed by atoms with E-state index in [1.54, 1.807) is 0 Å². The zero-order valence-electron chi connectivity index (χ0n) is 10.3. The maximum Gasteiger partial charge on any atom is 0.321 e. The Kier molecular flexibility index (Phi) is 7.72. The van der Waals surface area contributed by atoms with E-state index in [0.29, 0.717) is 13.0 Å². The molecule has 1 unspecified atom stereocenters. The number of hydrogen-bond donors (Lipinski definition) is 2. The van der Waals surface area contributed by atoms with Gasteiger partial charge in [0.05, 0.1) is 0 Å². The third-order valence-corrected chi connectivity index (χ3v) is 2.58. The highest BCUT2D eigenvalue weighted by Gasteiger charge is 2.21. The molecule has 100 valence electrons. The van der Waals surface area contributed by atoms with Crippen molar-refractivity contribution in [3.8, 4) is 0 Å². The van der Waals surface area contributed by atoms with Crippen LogP contribution < -0.4 is 5.32 Å². The molecular formula is C15H23NO2. The number of nitrogens with one attached hydrogen (secondary N) is 1. The Balaban J connectivity index is 0.000000917. The minimum absolute atomic E-state index is 0. The van der Waals surface area contributed by atoms with Crippen molar-refractivity contribution in [2.24, 2.45) is 0 Å². The first-order valence-electron chi connectivity index (χ1n) is 5.98. The third kappa shape index (κ3) is 4.34. The quantitative estimate of drug-likeness (QED) is 0.846. The molecule has 1 atom stereocenters. The summed E-state index contributed by atoms with van der Waals surface area (Å²) in [6.07, 6.45) is 2.61. The van der Waals surface area contributed by atoms with Gasteiger partial charge in [0.25, 0.3) is 0 Å². The van der Waals surface area contributed by atoms with E-state index in [4.69, 9.17) is 5.11 Å². The monoisotopic (exact) mass is 249 g/mol. The lowest BCUT2D eigenvalue weighted by Gasteiger charge is -2.20. The Hall–Kier alpha value is -1.61. The number of carboxylic acid groups (broad SMARTS) is 1. The maximum absolute atomic E-state index is 10.8. The van der Waals surface area contributed by atoms with Crippen LogP contribution in [0, 0.1) is 0 Å². The summed E-state index contributed by atoms with van der Waals surface area (Å²) in [5.41, 5.74) is 2.23. The molecule has 1 aromatic carbocycles. The molecule has 0 amide bonds. The Morgan fingerprint density at radius 3 is 2.44 bits per heavy atom. The second kappa shape index (κ2) is 8.48. The smallest absolute Gasteiger partial charge is 0.321 e. The largest absolute Gasteiger partial charge is 0.480 e. The van der Waals surface area contributed by atoms with E-state index in [9.17, 15) is 4.79 Å². The summed E-state index contributed by atoms with van der Waals surface area (Å²) < 4.78 is 0. The fraction of sp³-hybridized carbons (Fsp3) is 0.400. The maximum atomic E-state index is 10.8. The van der Waals surface area contributed by atoms with Crippen molar-refractivity contribution in [3.05, 3.63) is 42.0 Å². The molecule has 1 heterocycles. The van der Waals surface area contributed by atoms with Gasteiger partial charge in [-0.1, -0.05) is 57.7 Å². The molecule has 1 aliphatic heterocycles. The summed E-state index contributed by atoms with van der Waals surface area (Å²) >= 11 is 0. The Morgan fingerprint density at radius 1 is 1.28 bits per heavy atom. The van der Waals surface area contributed by atoms with Crippen LogP contribution in [-0.2, 0) is 4.79 Å². The predicted molar refractivity (Wildman–Crippen MR) is 76.5 cm³/mol. The van der Waals surface area contributed by atoms with Gasteiger partial charge < -0.3 is 10.4 Å². The van der Waals surface area contributed by atoms with E-state index in [2.05, 4.69) is 11.4 Å². The van der Waals surface area contributed by atoms with Crippen LogP contribution in [0.3, 0.4) is 0 Å². The van der Waals surface area contributed by atoms with Gasteiger partial charge in [-0.15, -0.1) is 0 Å². The minimum Gasteiger partial charge on any atom is -0.480 e. The van der Waals surface area contributed by atoms with E-state index in [1.807, 2.05) is 44.2 Å². The molecule has 2 N–H and O–H groups in total. The van der Waals surface area contributed by atoms with Crippen LogP contribution in [0.5, 0.6) is 0 Å². The lowest BCUT2D eigenvalue weighted by Crippen LogP contribution is -2.39. The van der Waals surface area contributed by atoms with Crippen molar-refractivity contribution < 1.29 is 9.90 Å². The van der Waals surface area contributed by atoms with Crippen LogP contribution in [0.4, 0.5) is 0 Å². The number of hydrogen-bond acceptors (Lipinski definition) is 2. The van der Waals surface area contributed by atoms with Crippen LogP contribution in [-0.4, -0.2) is 23.7 Å². The van der Waals surface area contributed by atoms with Crippen LogP contribution in [0.2, 0.25) is 0 Å². The summed E-state index contributed by atoms with van der Waals surface area (Å²) in [6, 6.07) is 9.46. The van der Waals surface area contributed by atoms with E-state index >= 15 is 0 Å². The topological polar surface area (TPSA) is 49.3 Å². The van der Waals surface area contributed by atoms with Crippen molar-refractivity contribution in [3.63, 3.8) is 0 Å². The fourth-order valence-electron chi connectivity index (χ4n) is 1.76. The first-order chi connectivity index (χ1) is 8.27. The molecule has 3 nitrogen and oxygen atoms in total. The van der Waals surface area contributed by atoms with Gasteiger partial charge in [-0.3, -0.25) is 4.79 Å². The van der Waals surface area contributed by atoms with Crippen molar-refractivity contribution in [1.82, 2.24) is 5.32 Å². The zero-order valence-corrected chi connectivity index (χ0v) is 10.3. The van der Waals surface area contributed by atoms with Crippen LogP contribution in [0.25, 0.3) is 5.57 Å². The molecule has 0 spiro atoms. The molecule has 0 saturated carbocycles. The van der Waals surface area contributed by atoms with E-state index < -0.39 is 12.0 Å². The van der Waals surface area contributed by atoms with E-state index in [-0.39, 0.29) is 7.43 Å². The molecule has 18 heavy (non-hydrogen) atoms. The normalized spacial score (nSPS) is 17.7. The molecule has 0 fully saturated rings. The summed E-state index contributed by atoms with van der Waals surface area (Å²) in [6.45, 7) is 4.63. The summed E-state index contributed by atoms with van der Waals surface area (Å²) in [4.78, 5) is 10.8. The number of rotatable bonds is 2. The summed E-state index contributed by atoms with van der Waals surface area (Å²) in [5, 5.41) is 11.9. The highest BCUT2D eigenvalue weighted by molar-refractivity contribution is 5.79. The Morgan fingerprint density at radius 2 is 1.89 bits per heavy atom. The van der Waals surface area contributed by atoms with Crippen molar-refractivity contribution in [2.75, 3.05) is 6.54 Å². The molecule has 2 rings (SSSR count). The van der Waals surface area contributed by atoms with E-state index in [0.717, 1.165) is 11.1 Å².